The lowest BCUT2D eigenvalue weighted by molar-refractivity contribution is 0.588. The molecule has 0 amide bonds. The van der Waals surface area contributed by atoms with E-state index in [0.29, 0.717) is 22.9 Å². The van der Waals surface area contributed by atoms with Crippen LogP contribution in [0, 0.1) is 5.92 Å². The Bertz CT molecular complexity index is 1630. The molecule has 0 aliphatic heterocycles. The van der Waals surface area contributed by atoms with Gasteiger partial charge in [0.25, 0.3) is 10.0 Å². The van der Waals surface area contributed by atoms with E-state index in [1.54, 1.807) is 54.7 Å². The zero-order valence-electron chi connectivity index (χ0n) is 19.8. The van der Waals surface area contributed by atoms with Gasteiger partial charge in [-0.25, -0.2) is 25.8 Å². The number of hydrogen-bond acceptors (Lipinski definition) is 5. The van der Waals surface area contributed by atoms with Gasteiger partial charge in [0.15, 0.2) is 5.65 Å². The van der Waals surface area contributed by atoms with Crippen LogP contribution in [0.15, 0.2) is 90.0 Å². The molecule has 2 heterocycles. The van der Waals surface area contributed by atoms with Crippen LogP contribution >= 0.6 is 0 Å². The largest absolute Gasteiger partial charge is 0.284 e. The van der Waals surface area contributed by atoms with Crippen LogP contribution in [-0.4, -0.2) is 32.0 Å². The summed E-state index contributed by atoms with van der Waals surface area (Å²) in [5.41, 5.74) is 2.92. The van der Waals surface area contributed by atoms with Crippen LogP contribution in [0.5, 0.6) is 0 Å². The quantitative estimate of drug-likeness (QED) is 0.357. The van der Waals surface area contributed by atoms with E-state index < -0.39 is 20.0 Å². The summed E-state index contributed by atoms with van der Waals surface area (Å²) in [6.07, 6.45) is 9.22. The second-order valence-corrected chi connectivity index (χ2v) is 12.6. The molecule has 1 fully saturated rings. The lowest BCUT2D eigenvalue weighted by atomic mass is 9.96. The summed E-state index contributed by atoms with van der Waals surface area (Å²) in [4.78, 5) is 4.62. The molecular formula is C27H27N3O4S2. The Kier molecular flexibility index (Phi) is 6.44. The SMILES string of the molecule is CS(=O)(=O)Nc1ccc(/C(=C\C2CCCC2)c2cc3cccnc3n2S(=O)(=O)c2ccccc2)cc1. The maximum Gasteiger partial charge on any atom is 0.269 e. The Morgan fingerprint density at radius 1 is 0.944 bits per heavy atom. The van der Waals surface area contributed by atoms with Gasteiger partial charge in [0.05, 0.1) is 16.8 Å². The monoisotopic (exact) mass is 521 g/mol. The van der Waals surface area contributed by atoms with Gasteiger partial charge in [0.1, 0.15) is 0 Å². The number of aromatic nitrogens is 2. The van der Waals surface area contributed by atoms with Crippen LogP contribution in [0.25, 0.3) is 16.6 Å². The lowest BCUT2D eigenvalue weighted by Gasteiger charge is -2.16. The van der Waals surface area contributed by atoms with E-state index in [1.807, 2.05) is 24.3 Å². The fourth-order valence-corrected chi connectivity index (χ4v) is 6.83. The highest BCUT2D eigenvalue weighted by atomic mass is 32.2. The molecule has 5 rings (SSSR count). The van der Waals surface area contributed by atoms with E-state index in [4.69, 9.17) is 0 Å². The molecule has 1 saturated carbocycles. The number of pyridine rings is 1. The van der Waals surface area contributed by atoms with Crippen molar-refractivity contribution in [2.75, 3.05) is 11.0 Å². The summed E-state index contributed by atoms with van der Waals surface area (Å²) in [5.74, 6) is 0.327. The molecule has 186 valence electrons. The van der Waals surface area contributed by atoms with E-state index in [1.165, 1.54) is 3.97 Å². The number of allylic oxidation sites excluding steroid dienone is 1. The molecule has 36 heavy (non-hydrogen) atoms. The number of sulfonamides is 1. The first kappa shape index (κ1) is 24.3. The third kappa shape index (κ3) is 4.94. The molecule has 0 saturated heterocycles. The summed E-state index contributed by atoms with van der Waals surface area (Å²) in [5, 5.41) is 0.722. The van der Waals surface area contributed by atoms with Gasteiger partial charge in [-0.15, -0.1) is 0 Å². The minimum absolute atomic E-state index is 0.183. The van der Waals surface area contributed by atoms with Crippen LogP contribution in [0.1, 0.15) is 36.9 Å². The van der Waals surface area contributed by atoms with Crippen molar-refractivity contribution in [3.63, 3.8) is 0 Å². The summed E-state index contributed by atoms with van der Waals surface area (Å²) < 4.78 is 55.0. The smallest absolute Gasteiger partial charge is 0.269 e. The zero-order chi connectivity index (χ0) is 25.3. The molecule has 2 aromatic carbocycles. The Balaban J connectivity index is 1.73. The summed E-state index contributed by atoms with van der Waals surface area (Å²) in [6.45, 7) is 0. The van der Waals surface area contributed by atoms with Crippen LogP contribution in [-0.2, 0) is 20.0 Å². The Morgan fingerprint density at radius 2 is 1.64 bits per heavy atom. The number of anilines is 1. The van der Waals surface area contributed by atoms with E-state index in [0.717, 1.165) is 48.5 Å². The van der Waals surface area contributed by atoms with Crippen molar-refractivity contribution in [2.24, 2.45) is 5.92 Å². The van der Waals surface area contributed by atoms with Crippen molar-refractivity contribution in [3.05, 3.63) is 96.3 Å². The number of benzene rings is 2. The molecule has 0 spiro atoms. The van der Waals surface area contributed by atoms with E-state index in [-0.39, 0.29) is 4.90 Å². The fraction of sp³-hybridized carbons (Fsp3) is 0.222. The Morgan fingerprint density at radius 3 is 2.31 bits per heavy atom. The minimum atomic E-state index is -3.95. The van der Waals surface area contributed by atoms with Crippen molar-refractivity contribution in [1.82, 2.24) is 8.96 Å². The van der Waals surface area contributed by atoms with Crippen molar-refractivity contribution < 1.29 is 16.8 Å². The van der Waals surface area contributed by atoms with E-state index in [9.17, 15) is 16.8 Å². The molecule has 0 unspecified atom stereocenters. The summed E-state index contributed by atoms with van der Waals surface area (Å²) in [6, 6.07) is 20.9. The van der Waals surface area contributed by atoms with Gasteiger partial charge in [-0.05, 0) is 66.8 Å². The van der Waals surface area contributed by atoms with Gasteiger partial charge in [0.2, 0.25) is 10.0 Å². The van der Waals surface area contributed by atoms with E-state index in [2.05, 4.69) is 15.8 Å². The van der Waals surface area contributed by atoms with Crippen LogP contribution in [0.2, 0.25) is 0 Å². The van der Waals surface area contributed by atoms with Crippen LogP contribution in [0.3, 0.4) is 0 Å². The second kappa shape index (κ2) is 9.55. The summed E-state index contributed by atoms with van der Waals surface area (Å²) >= 11 is 0. The van der Waals surface area contributed by atoms with Crippen molar-refractivity contribution >= 4 is 42.3 Å². The molecule has 1 N–H and O–H groups in total. The zero-order valence-corrected chi connectivity index (χ0v) is 21.5. The van der Waals surface area contributed by atoms with Gasteiger partial charge >= 0.3 is 0 Å². The molecule has 0 bridgehead atoms. The maximum absolute atomic E-state index is 13.9. The van der Waals surface area contributed by atoms with Gasteiger partial charge in [-0.1, -0.05) is 49.2 Å². The normalized spacial score (nSPS) is 15.4. The molecule has 2 aromatic heterocycles. The molecule has 9 heteroatoms. The fourth-order valence-electron chi connectivity index (χ4n) is 4.76. The average Bonchev–Trinajstić information content (AvgIpc) is 3.50. The third-order valence-corrected chi connectivity index (χ3v) is 8.70. The van der Waals surface area contributed by atoms with E-state index >= 15 is 0 Å². The first-order valence-electron chi connectivity index (χ1n) is 11.8. The Labute approximate surface area is 211 Å². The highest BCUT2D eigenvalue weighted by Crippen LogP contribution is 2.36. The first-order chi connectivity index (χ1) is 17.2. The van der Waals surface area contributed by atoms with Crippen molar-refractivity contribution in [3.8, 4) is 0 Å². The van der Waals surface area contributed by atoms with Gasteiger partial charge < -0.3 is 0 Å². The number of rotatable bonds is 7. The van der Waals surface area contributed by atoms with Gasteiger partial charge in [-0.3, -0.25) is 4.72 Å². The summed E-state index contributed by atoms with van der Waals surface area (Å²) in [7, 11) is -7.36. The maximum atomic E-state index is 13.9. The first-order valence-corrected chi connectivity index (χ1v) is 15.1. The molecule has 0 radical (unpaired) electrons. The van der Waals surface area contributed by atoms with Crippen molar-refractivity contribution in [1.29, 1.82) is 0 Å². The minimum Gasteiger partial charge on any atom is -0.284 e. The number of nitrogens with one attached hydrogen (secondary N) is 1. The predicted octanol–water partition coefficient (Wildman–Crippen LogP) is 5.27. The lowest BCUT2D eigenvalue weighted by Crippen LogP contribution is -2.16. The van der Waals surface area contributed by atoms with Gasteiger partial charge in [0, 0.05) is 22.8 Å². The molecule has 1 aliphatic rings. The molecule has 0 atom stereocenters. The molecular weight excluding hydrogens is 494 g/mol. The third-order valence-electron chi connectivity index (χ3n) is 6.38. The number of fused-ring (bicyclic) bond motifs is 1. The average molecular weight is 522 g/mol. The van der Waals surface area contributed by atoms with Crippen LogP contribution < -0.4 is 4.72 Å². The molecule has 1 aliphatic carbocycles. The standard InChI is InChI=1S/C27H27N3O4S2/c1-35(31,32)29-23-15-13-21(14-16-23)25(18-20-8-5-6-9-20)26-19-22-10-7-17-28-27(22)30(26)36(33,34)24-11-3-2-4-12-24/h2-4,7,10-20,29H,5-6,8-9H2,1H3/b25-18+. The number of nitrogens with zero attached hydrogens (tertiary/aromatic N) is 2. The predicted molar refractivity (Wildman–Crippen MR) is 143 cm³/mol. The van der Waals surface area contributed by atoms with Crippen molar-refractivity contribution in [2.45, 2.75) is 30.6 Å². The van der Waals surface area contributed by atoms with Crippen LogP contribution in [0.4, 0.5) is 5.69 Å². The second-order valence-electron chi connectivity index (χ2n) is 9.10. The highest BCUT2D eigenvalue weighted by molar-refractivity contribution is 7.92. The molecule has 7 nitrogen and oxygen atoms in total. The Hall–Kier alpha value is -3.43. The highest BCUT2D eigenvalue weighted by Gasteiger charge is 2.27. The topological polar surface area (TPSA) is 98.1 Å². The number of hydrogen-bond donors (Lipinski definition) is 1. The molecule has 4 aromatic rings. The van der Waals surface area contributed by atoms with Gasteiger partial charge in [-0.2, -0.15) is 0 Å².